The number of aliphatic carboxylic acids is 1. The van der Waals surface area contributed by atoms with Gasteiger partial charge >= 0.3 is 11.9 Å². The molecule has 9 nitrogen and oxygen atoms in total. The van der Waals surface area contributed by atoms with Gasteiger partial charge in [-0.1, -0.05) is 260 Å². The SMILES string of the molecule is CC/C=C\C/C=C\C/C=C\C/C=C\CCCCCCCCCCCCCCCCCCCCC(=O)OC(COC(=O)CCCCCCCCCCC/C=C\C/C=C\CCCCCCC)COC(OCC[N+](C)(C)C)C(=O)[O-]. The van der Waals surface area contributed by atoms with E-state index in [9.17, 15) is 19.5 Å². The van der Waals surface area contributed by atoms with E-state index < -0.39 is 24.3 Å². The molecule has 0 aliphatic carbocycles. The number of carboxylic acids is 1. The standard InChI is InChI=1S/C68H121NO8/c1-6-8-10-12-14-16-18-20-22-24-26-28-29-30-31-32-33-34-35-36-37-39-41-43-45-47-49-51-53-55-57-59-66(71)77-64(63-76-68(67(72)73)74-61-60-69(3,4)5)62-75-65(70)58-56-54-52-50-48-46-44-42-40-38-27-25-23-21-19-17-15-13-11-9-7-2/h8,10,14,16,19-22,25-28,64,68H,6-7,9,11-13,15,17-18,23-24,29-63H2,1-5H3/b10-8-,16-14-,21-19-,22-20-,27-25-,28-26-. The Bertz CT molecular complexity index is 1490. The zero-order valence-corrected chi connectivity index (χ0v) is 50.8. The van der Waals surface area contributed by atoms with Crippen LogP contribution in [0.3, 0.4) is 0 Å². The van der Waals surface area contributed by atoms with E-state index in [0.29, 0.717) is 17.4 Å². The molecular weight excluding hydrogens is 959 g/mol. The van der Waals surface area contributed by atoms with E-state index in [4.69, 9.17) is 18.9 Å². The first-order chi connectivity index (χ1) is 37.6. The Morgan fingerprint density at radius 1 is 0.403 bits per heavy atom. The second-order valence-corrected chi connectivity index (χ2v) is 22.7. The van der Waals surface area contributed by atoms with Crippen molar-refractivity contribution in [2.75, 3.05) is 47.5 Å². The summed E-state index contributed by atoms with van der Waals surface area (Å²) in [5.74, 6) is -2.28. The number of esters is 2. The molecule has 0 radical (unpaired) electrons. The summed E-state index contributed by atoms with van der Waals surface area (Å²) in [6, 6.07) is 0. The third-order valence-electron chi connectivity index (χ3n) is 13.9. The van der Waals surface area contributed by atoms with E-state index in [-0.39, 0.29) is 38.6 Å². The number of unbranched alkanes of at least 4 members (excludes halogenated alkanes) is 32. The minimum Gasteiger partial charge on any atom is -0.545 e. The van der Waals surface area contributed by atoms with E-state index in [0.717, 1.165) is 64.2 Å². The van der Waals surface area contributed by atoms with Gasteiger partial charge in [0.25, 0.3) is 0 Å². The predicted molar refractivity (Wildman–Crippen MR) is 325 cm³/mol. The molecule has 0 amide bonds. The van der Waals surface area contributed by atoms with Gasteiger partial charge in [-0.05, 0) is 83.5 Å². The second-order valence-electron chi connectivity index (χ2n) is 22.7. The van der Waals surface area contributed by atoms with Crippen molar-refractivity contribution in [1.82, 2.24) is 0 Å². The van der Waals surface area contributed by atoms with Crippen molar-refractivity contribution >= 4 is 17.9 Å². The molecule has 9 heteroatoms. The van der Waals surface area contributed by atoms with Crippen LogP contribution in [0.2, 0.25) is 0 Å². The lowest BCUT2D eigenvalue weighted by molar-refractivity contribution is -0.870. The molecule has 0 saturated carbocycles. The topological polar surface area (TPSA) is 111 Å². The zero-order valence-electron chi connectivity index (χ0n) is 50.8. The van der Waals surface area contributed by atoms with Crippen molar-refractivity contribution in [3.63, 3.8) is 0 Å². The lowest BCUT2D eigenvalue weighted by Crippen LogP contribution is -2.44. The average Bonchev–Trinajstić information content (AvgIpc) is 3.40. The summed E-state index contributed by atoms with van der Waals surface area (Å²) in [5, 5.41) is 11.8. The molecule has 0 fully saturated rings. The highest BCUT2D eigenvalue weighted by atomic mass is 16.7. The minimum absolute atomic E-state index is 0.146. The van der Waals surface area contributed by atoms with Gasteiger partial charge in [-0.3, -0.25) is 9.59 Å². The molecule has 0 aliphatic heterocycles. The number of hydrogen-bond acceptors (Lipinski definition) is 8. The minimum atomic E-state index is -1.62. The Balaban J connectivity index is 4.14. The van der Waals surface area contributed by atoms with Gasteiger partial charge in [0.1, 0.15) is 13.2 Å². The van der Waals surface area contributed by atoms with E-state index in [1.807, 2.05) is 21.1 Å². The summed E-state index contributed by atoms with van der Waals surface area (Å²) in [6.07, 6.45) is 73.9. The Kier molecular flexibility index (Phi) is 56.4. The molecule has 0 aromatic heterocycles. The second kappa shape index (κ2) is 58.9. The third kappa shape index (κ3) is 60.2. The molecule has 0 aromatic rings. The smallest absolute Gasteiger partial charge is 0.306 e. The van der Waals surface area contributed by atoms with Crippen molar-refractivity contribution < 1.29 is 42.9 Å². The maximum absolute atomic E-state index is 12.9. The van der Waals surface area contributed by atoms with Crippen LogP contribution in [0, 0.1) is 0 Å². The molecule has 0 heterocycles. The summed E-state index contributed by atoms with van der Waals surface area (Å²) in [5.41, 5.74) is 0. The lowest BCUT2D eigenvalue weighted by Gasteiger charge is -2.26. The molecule has 2 atom stereocenters. The quantitative estimate of drug-likeness (QED) is 0.0195. The maximum atomic E-state index is 12.9. The summed E-state index contributed by atoms with van der Waals surface area (Å²) < 4.78 is 22.8. The number of nitrogens with zero attached hydrogens (tertiary/aromatic N) is 1. The maximum Gasteiger partial charge on any atom is 0.306 e. The summed E-state index contributed by atoms with van der Waals surface area (Å²) in [7, 11) is 5.93. The van der Waals surface area contributed by atoms with Crippen LogP contribution in [0.15, 0.2) is 72.9 Å². The van der Waals surface area contributed by atoms with Gasteiger partial charge in [-0.25, -0.2) is 0 Å². The number of rotatable bonds is 59. The number of allylic oxidation sites excluding steroid dienone is 12. The average molecular weight is 1080 g/mol. The van der Waals surface area contributed by atoms with Gasteiger partial charge in [0.15, 0.2) is 12.4 Å². The number of carbonyl (C=O) groups excluding carboxylic acids is 3. The van der Waals surface area contributed by atoms with Crippen molar-refractivity contribution in [2.45, 2.75) is 296 Å². The molecule has 0 aromatic carbocycles. The highest BCUT2D eigenvalue weighted by Gasteiger charge is 2.22. The summed E-state index contributed by atoms with van der Waals surface area (Å²) in [6.45, 7) is 4.65. The van der Waals surface area contributed by atoms with Gasteiger partial charge in [0.05, 0.1) is 40.3 Å². The van der Waals surface area contributed by atoms with Crippen LogP contribution in [0.25, 0.3) is 0 Å². The molecule has 2 unspecified atom stereocenters. The van der Waals surface area contributed by atoms with Gasteiger partial charge < -0.3 is 33.3 Å². The number of carboxylic acid groups (broad SMARTS) is 1. The van der Waals surface area contributed by atoms with Crippen molar-refractivity contribution in [1.29, 1.82) is 0 Å². The van der Waals surface area contributed by atoms with Crippen LogP contribution in [0.5, 0.6) is 0 Å². The highest BCUT2D eigenvalue weighted by Crippen LogP contribution is 2.17. The van der Waals surface area contributed by atoms with Crippen LogP contribution < -0.4 is 5.11 Å². The van der Waals surface area contributed by atoms with Crippen LogP contribution in [-0.4, -0.2) is 82.3 Å². The van der Waals surface area contributed by atoms with Gasteiger partial charge in [-0.2, -0.15) is 0 Å². The molecule has 0 aliphatic rings. The monoisotopic (exact) mass is 1080 g/mol. The van der Waals surface area contributed by atoms with Gasteiger partial charge in [-0.15, -0.1) is 0 Å². The lowest BCUT2D eigenvalue weighted by atomic mass is 10.0. The van der Waals surface area contributed by atoms with Crippen LogP contribution >= 0.6 is 0 Å². The molecule has 77 heavy (non-hydrogen) atoms. The highest BCUT2D eigenvalue weighted by molar-refractivity contribution is 5.70. The first-order valence-corrected chi connectivity index (χ1v) is 32.1. The summed E-state index contributed by atoms with van der Waals surface area (Å²) in [4.78, 5) is 37.4. The number of ether oxygens (including phenoxy) is 4. The molecule has 0 saturated heterocycles. The van der Waals surface area contributed by atoms with Gasteiger partial charge in [0, 0.05) is 12.8 Å². The molecular formula is C68H121NO8. The molecule has 0 N–H and O–H groups in total. The van der Waals surface area contributed by atoms with E-state index >= 15 is 0 Å². The Morgan fingerprint density at radius 2 is 0.740 bits per heavy atom. The molecule has 0 rings (SSSR count). The number of hydrogen-bond donors (Lipinski definition) is 0. The van der Waals surface area contributed by atoms with Crippen LogP contribution in [0.1, 0.15) is 284 Å². The molecule has 0 bridgehead atoms. The number of likely N-dealkylation sites (N-methyl/N-ethyl adjacent to an activating group) is 1. The van der Waals surface area contributed by atoms with E-state index in [1.165, 1.54) is 186 Å². The summed E-state index contributed by atoms with van der Waals surface area (Å²) >= 11 is 0. The van der Waals surface area contributed by atoms with Crippen LogP contribution in [-0.2, 0) is 33.3 Å². The first-order valence-electron chi connectivity index (χ1n) is 32.1. The zero-order chi connectivity index (χ0) is 56.2. The molecule has 0 spiro atoms. The molecule has 446 valence electrons. The van der Waals surface area contributed by atoms with Crippen LogP contribution in [0.4, 0.5) is 0 Å². The largest absolute Gasteiger partial charge is 0.545 e. The third-order valence-corrected chi connectivity index (χ3v) is 13.9. The Morgan fingerprint density at radius 3 is 1.10 bits per heavy atom. The fourth-order valence-corrected chi connectivity index (χ4v) is 9.03. The van der Waals surface area contributed by atoms with E-state index in [1.54, 1.807) is 0 Å². The Hall–Kier alpha value is -3.27. The van der Waals surface area contributed by atoms with Gasteiger partial charge in [0.2, 0.25) is 0 Å². The fraction of sp³-hybridized carbons (Fsp3) is 0.779. The van der Waals surface area contributed by atoms with E-state index in [2.05, 4.69) is 86.8 Å². The fourth-order valence-electron chi connectivity index (χ4n) is 9.03. The number of carbonyl (C=O) groups is 3. The normalized spacial score (nSPS) is 13.2. The predicted octanol–water partition coefficient (Wildman–Crippen LogP) is 18.0. The van der Waals surface area contributed by atoms with Crippen molar-refractivity contribution in [3.05, 3.63) is 72.9 Å². The first kappa shape index (κ1) is 73.7. The Labute approximate surface area is 475 Å². The van der Waals surface area contributed by atoms with Crippen molar-refractivity contribution in [2.24, 2.45) is 0 Å². The number of quaternary nitrogens is 1. The van der Waals surface area contributed by atoms with Crippen molar-refractivity contribution in [3.8, 4) is 0 Å².